The zero-order chi connectivity index (χ0) is 54.8. The zero-order valence-electron chi connectivity index (χ0n) is 42.4. The number of carbonyl (C=O) groups excluding carboxylic acids is 10. The monoisotopic (exact) mass is 1030 g/mol. The molecule has 72 heavy (non-hydrogen) atoms. The summed E-state index contributed by atoms with van der Waals surface area (Å²) in [5, 5.41) is 46.2. The molecule has 0 bridgehead atoms. The zero-order valence-corrected chi connectivity index (χ0v) is 42.4. The molecule has 28 nitrogen and oxygen atoms in total. The van der Waals surface area contributed by atoms with Gasteiger partial charge in [-0.3, -0.25) is 47.9 Å². The Kier molecular flexibility index (Phi) is 29.7. The van der Waals surface area contributed by atoms with E-state index in [1.807, 2.05) is 0 Å². The van der Waals surface area contributed by atoms with Crippen molar-refractivity contribution in [3.05, 3.63) is 0 Å². The predicted molar refractivity (Wildman–Crippen MR) is 264 cm³/mol. The van der Waals surface area contributed by atoms with Gasteiger partial charge in [0.15, 0.2) is 0 Å². The van der Waals surface area contributed by atoms with Gasteiger partial charge in [-0.2, -0.15) is 0 Å². The number of amides is 10. The van der Waals surface area contributed by atoms with Crippen LogP contribution in [-0.2, 0) is 47.9 Å². The molecule has 412 valence electrons. The van der Waals surface area contributed by atoms with Crippen LogP contribution in [0.2, 0.25) is 0 Å². The van der Waals surface area contributed by atoms with E-state index in [4.69, 9.17) is 34.4 Å². The van der Waals surface area contributed by atoms with E-state index in [1.54, 1.807) is 27.7 Å². The number of nitrogens with two attached hydrogens (primary N) is 6. The van der Waals surface area contributed by atoms with Gasteiger partial charge in [-0.15, -0.1) is 0 Å². The molecule has 0 radical (unpaired) electrons. The fourth-order valence-electron chi connectivity index (χ4n) is 7.40. The van der Waals surface area contributed by atoms with Crippen LogP contribution in [-0.4, -0.2) is 181 Å². The van der Waals surface area contributed by atoms with Crippen LogP contribution < -0.4 is 87.6 Å². The van der Waals surface area contributed by atoms with E-state index in [2.05, 4.69) is 53.2 Å². The maximum Gasteiger partial charge on any atom is 0.245 e. The minimum Gasteiger partial charge on any atom is -0.391 e. The van der Waals surface area contributed by atoms with Crippen molar-refractivity contribution in [2.45, 2.75) is 166 Å². The summed E-state index contributed by atoms with van der Waals surface area (Å²) in [6.45, 7) is 8.59. The summed E-state index contributed by atoms with van der Waals surface area (Å²) in [4.78, 5) is 137. The Morgan fingerprint density at radius 1 is 0.542 bits per heavy atom. The van der Waals surface area contributed by atoms with Crippen molar-refractivity contribution < 1.29 is 58.2 Å². The maximum absolute atomic E-state index is 14.3. The average Bonchev–Trinajstić information content (AvgIpc) is 3.29. The van der Waals surface area contributed by atoms with Gasteiger partial charge in [0.25, 0.3) is 0 Å². The molecule has 0 unspecified atom stereocenters. The summed E-state index contributed by atoms with van der Waals surface area (Å²) in [5.41, 5.74) is 34.6. The summed E-state index contributed by atoms with van der Waals surface area (Å²) in [6.07, 6.45) is -3.96. The first-order chi connectivity index (χ1) is 33.8. The van der Waals surface area contributed by atoms with Gasteiger partial charge in [0, 0.05) is 6.54 Å². The molecule has 1 aliphatic heterocycles. The topological polar surface area (TPSA) is 488 Å². The highest BCUT2D eigenvalue weighted by molar-refractivity contribution is 5.99. The maximum atomic E-state index is 14.3. The highest BCUT2D eigenvalue weighted by Gasteiger charge is 2.37. The van der Waals surface area contributed by atoms with Gasteiger partial charge in [-0.25, -0.2) is 0 Å². The number of aliphatic hydroxyl groups excluding tert-OH is 2. The van der Waals surface area contributed by atoms with Crippen LogP contribution in [0.15, 0.2) is 0 Å². The summed E-state index contributed by atoms with van der Waals surface area (Å²) in [7, 11) is 0. The van der Waals surface area contributed by atoms with Crippen LogP contribution in [0.4, 0.5) is 0 Å². The standard InChI is InChI=1S/C44H84N16O12/c1-21(2)19-31-41(69)54-26(8-14-46)36(64)53-29(11-17-49)40(68)60-33(23(5)61)43(71)51-18-12-30(39(67)52-27(9-15-47)38(66)57-32(20-22(3)4)42(70)58-31)55-37(65)28(10-16-48)56-44(72)34(24(6)62)59-35(63)25(50)7-13-45/h21-34,61-62H,7-20,45-50H2,1-6H3,(H,51,71)(H,52,67)(H,53,64)(H,54,69)(H,55,65)(H,56,72)(H,57,66)(H,58,70)(H,59,63)(H,60,68)/t23-,24-,25+,26+,27+,28+,29+,30+,31+,32-,33+,34+/m1/s1. The van der Waals surface area contributed by atoms with Crippen LogP contribution in [0.25, 0.3) is 0 Å². The SMILES string of the molecule is CC(C)C[C@@H]1NC(=O)[C@@H](CC(C)C)NC(=O)[C@H](CCN)NC(=O)[C@@H](NC(=O)[C@H](CCN)NC(=O)[C@@H](NC(=O)[C@@H](N)CCN)[C@@H](C)O)CCNC(=O)[C@H]([C@@H](C)O)NC(=O)[C@H](CCN)NC(=O)[C@H](CCN)NC1=O. The molecule has 0 aromatic rings. The Morgan fingerprint density at radius 3 is 1.36 bits per heavy atom. The summed E-state index contributed by atoms with van der Waals surface area (Å²) < 4.78 is 0. The Morgan fingerprint density at radius 2 is 0.958 bits per heavy atom. The van der Waals surface area contributed by atoms with Gasteiger partial charge in [0.05, 0.1) is 18.2 Å². The van der Waals surface area contributed by atoms with Crippen LogP contribution in [0.3, 0.4) is 0 Å². The first kappa shape index (κ1) is 64.4. The number of hydrogen-bond acceptors (Lipinski definition) is 18. The molecule has 28 heteroatoms. The second-order valence-corrected chi connectivity index (χ2v) is 18.7. The molecule has 1 rings (SSSR count). The highest BCUT2D eigenvalue weighted by atomic mass is 16.3. The van der Waals surface area contributed by atoms with E-state index in [1.165, 1.54) is 13.8 Å². The van der Waals surface area contributed by atoms with E-state index < -0.39 is 145 Å². The number of rotatable bonds is 22. The number of carbonyl (C=O) groups is 10. The molecule has 0 aromatic carbocycles. The molecule has 0 saturated carbocycles. The Hall–Kier alpha value is -5.62. The van der Waals surface area contributed by atoms with E-state index in [9.17, 15) is 58.2 Å². The largest absolute Gasteiger partial charge is 0.391 e. The molecule has 0 aromatic heterocycles. The van der Waals surface area contributed by atoms with Gasteiger partial charge in [-0.05, 0) is 110 Å². The van der Waals surface area contributed by atoms with Crippen LogP contribution >= 0.6 is 0 Å². The third-order valence-electron chi connectivity index (χ3n) is 11.3. The average molecular weight is 1030 g/mol. The molecule has 12 atom stereocenters. The van der Waals surface area contributed by atoms with Gasteiger partial charge >= 0.3 is 0 Å². The summed E-state index contributed by atoms with van der Waals surface area (Å²) in [6, 6.07) is -14.2. The van der Waals surface area contributed by atoms with Crippen molar-refractivity contribution in [3.8, 4) is 0 Å². The van der Waals surface area contributed by atoms with Crippen LogP contribution in [0, 0.1) is 11.8 Å². The normalized spacial score (nSPS) is 24.7. The lowest BCUT2D eigenvalue weighted by Gasteiger charge is -2.29. The van der Waals surface area contributed by atoms with E-state index in [-0.39, 0.29) is 89.5 Å². The quantitative estimate of drug-likeness (QED) is 0.0479. The molecule has 24 N–H and O–H groups in total. The Labute approximate surface area is 420 Å². The number of nitrogens with one attached hydrogen (secondary N) is 10. The van der Waals surface area contributed by atoms with Gasteiger partial charge in [0.2, 0.25) is 59.1 Å². The van der Waals surface area contributed by atoms with Crippen molar-refractivity contribution in [1.29, 1.82) is 0 Å². The van der Waals surface area contributed by atoms with Gasteiger partial charge < -0.3 is 97.8 Å². The second-order valence-electron chi connectivity index (χ2n) is 18.7. The van der Waals surface area contributed by atoms with E-state index in [0.717, 1.165) is 0 Å². The van der Waals surface area contributed by atoms with Crippen LogP contribution in [0.5, 0.6) is 0 Å². The fraction of sp³-hybridized carbons (Fsp3) is 0.773. The molecule has 10 amide bonds. The first-order valence-electron chi connectivity index (χ1n) is 24.5. The van der Waals surface area contributed by atoms with Crippen molar-refractivity contribution in [1.82, 2.24) is 53.2 Å². The molecule has 1 heterocycles. The second kappa shape index (κ2) is 33.2. The number of aliphatic hydroxyl groups is 2. The third kappa shape index (κ3) is 22.4. The smallest absolute Gasteiger partial charge is 0.245 e. The molecule has 1 fully saturated rings. The Balaban J connectivity index is 3.90. The molecular formula is C44H84N16O12. The lowest BCUT2D eigenvalue weighted by Crippen LogP contribution is -2.61. The summed E-state index contributed by atoms with van der Waals surface area (Å²) in [5.74, 6) is -9.40. The molecule has 0 spiro atoms. The fourth-order valence-corrected chi connectivity index (χ4v) is 7.40. The molecule has 1 aliphatic rings. The van der Waals surface area contributed by atoms with Crippen LogP contribution in [0.1, 0.15) is 92.9 Å². The van der Waals surface area contributed by atoms with Gasteiger partial charge in [0.1, 0.15) is 54.4 Å². The van der Waals surface area contributed by atoms with E-state index in [0.29, 0.717) is 0 Å². The lowest BCUT2D eigenvalue weighted by atomic mass is 9.99. The van der Waals surface area contributed by atoms with Crippen molar-refractivity contribution in [2.75, 3.05) is 39.3 Å². The highest BCUT2D eigenvalue weighted by Crippen LogP contribution is 2.12. The third-order valence-corrected chi connectivity index (χ3v) is 11.3. The molecule has 1 saturated heterocycles. The van der Waals surface area contributed by atoms with Crippen molar-refractivity contribution >= 4 is 59.1 Å². The number of hydrogen-bond donors (Lipinski definition) is 18. The summed E-state index contributed by atoms with van der Waals surface area (Å²) >= 11 is 0. The minimum atomic E-state index is -1.66. The first-order valence-corrected chi connectivity index (χ1v) is 24.5. The van der Waals surface area contributed by atoms with E-state index >= 15 is 0 Å². The minimum absolute atomic E-state index is 0.0514. The van der Waals surface area contributed by atoms with Crippen molar-refractivity contribution in [2.24, 2.45) is 46.2 Å². The Bertz CT molecular complexity index is 1810. The van der Waals surface area contributed by atoms with Crippen molar-refractivity contribution in [3.63, 3.8) is 0 Å². The molecule has 0 aliphatic carbocycles. The van der Waals surface area contributed by atoms with Gasteiger partial charge in [-0.1, -0.05) is 27.7 Å². The lowest BCUT2D eigenvalue weighted by molar-refractivity contribution is -0.136. The molecular weight excluding hydrogens is 945 g/mol. The predicted octanol–water partition coefficient (Wildman–Crippen LogP) is -8.21.